The summed E-state index contributed by atoms with van der Waals surface area (Å²) in [5, 5.41) is 0. The summed E-state index contributed by atoms with van der Waals surface area (Å²) in [5.41, 5.74) is 0. The molecule has 18 heavy (non-hydrogen) atoms. The van der Waals surface area contributed by atoms with Crippen LogP contribution in [0.4, 0.5) is 0 Å². The van der Waals surface area contributed by atoms with Crippen molar-refractivity contribution in [3.8, 4) is 11.5 Å². The molecule has 0 bridgehead atoms. The molecule has 0 aliphatic heterocycles. The maximum atomic E-state index is 5.83. The van der Waals surface area contributed by atoms with Crippen molar-refractivity contribution >= 4 is 79.6 Å². The van der Waals surface area contributed by atoms with Crippen LogP contribution in [-0.2, 0) is 0 Å². The van der Waals surface area contributed by atoms with Gasteiger partial charge in [-0.2, -0.15) is 0 Å². The first-order valence-corrected chi connectivity index (χ1v) is 8.71. The van der Waals surface area contributed by atoms with Crippen LogP contribution in [0.15, 0.2) is 52.7 Å². The van der Waals surface area contributed by atoms with E-state index in [9.17, 15) is 0 Å². The van der Waals surface area contributed by atoms with Crippen molar-refractivity contribution in [1.29, 1.82) is 0 Å². The van der Waals surface area contributed by atoms with Gasteiger partial charge in [0.2, 0.25) is 0 Å². The van der Waals surface area contributed by atoms with E-state index in [1.54, 1.807) is 0 Å². The molecule has 1 nitrogen and oxygen atoms in total. The summed E-state index contributed by atoms with van der Waals surface area (Å²) in [6, 6.07) is 9.59. The molecular weight excluding hydrogens is 572 g/mol. The Morgan fingerprint density at radius 2 is 1.22 bits per heavy atom. The normalized spacial score (nSPS) is 10.5. The molecule has 0 saturated carbocycles. The lowest BCUT2D eigenvalue weighted by atomic mass is 11.3. The molecule has 6 heteroatoms. The lowest BCUT2D eigenvalue weighted by Gasteiger charge is -2.10. The summed E-state index contributed by atoms with van der Waals surface area (Å²) in [7, 11) is 0. The standard InChI is InChI=1S/C12H5Br5O/c13-7-2-1-6(3-8(7)14)18-12-5-10(16)9(15)4-11(12)17/h1-5H/i1+1,2+1,3+1,4+1,5+1,6+1,7+1,8+1,9+1,10+1,11+1,12+1. The summed E-state index contributed by atoms with van der Waals surface area (Å²) in [5.74, 6) is 1.51. The Kier molecular flexibility index (Phi) is 5.34. The molecule has 0 fully saturated rings. The van der Waals surface area contributed by atoms with E-state index in [1.807, 2.05) is 30.3 Å². The minimum Gasteiger partial charge on any atom is -0.456 e. The summed E-state index contributed by atoms with van der Waals surface area (Å²) >= 11 is 17.2. The highest BCUT2D eigenvalue weighted by Gasteiger charge is 2.08. The smallest absolute Gasteiger partial charge is 0.142 e. The molecule has 94 valence electrons. The van der Waals surface area contributed by atoms with Crippen LogP contribution in [0.5, 0.6) is 11.5 Å². The fraction of sp³-hybridized carbons (Fsp3) is 0. The fourth-order valence-corrected chi connectivity index (χ4v) is 3.25. The summed E-state index contributed by atoms with van der Waals surface area (Å²) in [6.07, 6.45) is 0. The van der Waals surface area contributed by atoms with Gasteiger partial charge in [0.05, 0.1) is 4.47 Å². The number of rotatable bonds is 2. The van der Waals surface area contributed by atoms with Gasteiger partial charge in [0, 0.05) is 17.9 Å². The minimum absolute atomic E-state index is 0.749. The molecule has 0 aromatic heterocycles. The van der Waals surface area contributed by atoms with Crippen LogP contribution in [0.25, 0.3) is 0 Å². The third kappa shape index (κ3) is 3.60. The molecule has 0 atom stereocenters. The minimum atomic E-state index is 0.749. The maximum Gasteiger partial charge on any atom is 0.142 e. The van der Waals surface area contributed by atoms with Gasteiger partial charge >= 0.3 is 0 Å². The van der Waals surface area contributed by atoms with Gasteiger partial charge in [0.25, 0.3) is 0 Å². The molecule has 0 aliphatic carbocycles. The number of benzene rings is 2. The highest BCUT2D eigenvalue weighted by Crippen LogP contribution is 2.38. The average Bonchev–Trinajstić information content (AvgIpc) is 2.31. The van der Waals surface area contributed by atoms with Crippen LogP contribution in [0, 0.1) is 0 Å². The summed E-state index contributed by atoms with van der Waals surface area (Å²) in [6.45, 7) is 0. The monoisotopic (exact) mass is 572 g/mol. The second-order valence-corrected chi connectivity index (χ2v) is 7.65. The molecule has 0 saturated heterocycles. The zero-order chi connectivity index (χ0) is 13.3. The van der Waals surface area contributed by atoms with E-state index in [4.69, 9.17) is 4.74 Å². The first-order valence-electron chi connectivity index (χ1n) is 4.75. The third-order valence-corrected chi connectivity index (χ3v) is 6.44. The van der Waals surface area contributed by atoms with E-state index in [0.717, 1.165) is 33.9 Å². The SMILES string of the molecule is Br[13c]1[13cH][13cH][13c](O[13c]2[13cH][13c](Br)[13c](Br)[13cH][13c]2Br)[13cH][13c]1Br. The summed E-state index contributed by atoms with van der Waals surface area (Å²) < 4.78 is 10.6. The van der Waals surface area contributed by atoms with Crippen molar-refractivity contribution in [1.82, 2.24) is 0 Å². The third-order valence-electron chi connectivity index (χ3n) is 2.09. The van der Waals surface area contributed by atoms with Gasteiger partial charge in [0.15, 0.2) is 0 Å². The average molecular weight is 577 g/mol. The lowest BCUT2D eigenvalue weighted by molar-refractivity contribution is 0.478. The first-order chi connectivity index (χ1) is 8.47. The van der Waals surface area contributed by atoms with Gasteiger partial charge in [-0.15, -0.1) is 0 Å². The van der Waals surface area contributed by atoms with Gasteiger partial charge in [0.1, 0.15) is 11.5 Å². The Labute approximate surface area is 147 Å². The lowest BCUT2D eigenvalue weighted by Crippen LogP contribution is -1.86. The molecular formula is C12H5Br5O. The highest BCUT2D eigenvalue weighted by molar-refractivity contribution is 9.13. The Bertz CT molecular complexity index is 597. The van der Waals surface area contributed by atoms with Crippen molar-refractivity contribution in [3.63, 3.8) is 0 Å². The zero-order valence-electron chi connectivity index (χ0n) is 8.68. The molecule has 0 N–H and O–H groups in total. The van der Waals surface area contributed by atoms with Gasteiger partial charge < -0.3 is 4.74 Å². The van der Waals surface area contributed by atoms with Crippen LogP contribution in [0.3, 0.4) is 0 Å². The molecule has 2 aromatic carbocycles. The second kappa shape index (κ2) is 6.39. The molecule has 0 unspecified atom stereocenters. The van der Waals surface area contributed by atoms with E-state index >= 15 is 0 Å². The van der Waals surface area contributed by atoms with Crippen molar-refractivity contribution in [3.05, 3.63) is 52.7 Å². The van der Waals surface area contributed by atoms with E-state index in [1.165, 1.54) is 0 Å². The summed E-state index contributed by atoms with van der Waals surface area (Å²) in [4.78, 5) is 0. The highest BCUT2D eigenvalue weighted by atomic mass is 79.9. The Balaban J connectivity index is 2.34. The van der Waals surface area contributed by atoms with Crippen LogP contribution < -0.4 is 4.74 Å². The van der Waals surface area contributed by atoms with Gasteiger partial charge in [-0.3, -0.25) is 0 Å². The molecule has 0 amide bonds. The van der Waals surface area contributed by atoms with Crippen molar-refractivity contribution in [2.45, 2.75) is 0 Å². The number of hydrogen-bond donors (Lipinski definition) is 0. The molecule has 0 spiro atoms. The molecule has 2 rings (SSSR count). The Hall–Kier alpha value is 0.640. The number of hydrogen-bond acceptors (Lipinski definition) is 1. The topological polar surface area (TPSA) is 9.23 Å². The predicted molar refractivity (Wildman–Crippen MR) is 91.5 cm³/mol. The molecule has 0 heterocycles. The van der Waals surface area contributed by atoms with Gasteiger partial charge in [-0.25, -0.2) is 0 Å². The van der Waals surface area contributed by atoms with Crippen molar-refractivity contribution in [2.24, 2.45) is 0 Å². The maximum absolute atomic E-state index is 5.83. The zero-order valence-corrected chi connectivity index (χ0v) is 16.6. The largest absolute Gasteiger partial charge is 0.456 e. The van der Waals surface area contributed by atoms with Gasteiger partial charge in [-0.05, 0) is 110 Å². The Morgan fingerprint density at radius 3 is 1.89 bits per heavy atom. The Morgan fingerprint density at radius 1 is 0.611 bits per heavy atom. The van der Waals surface area contributed by atoms with Crippen LogP contribution in [0.2, 0.25) is 0 Å². The van der Waals surface area contributed by atoms with Crippen LogP contribution >= 0.6 is 79.6 Å². The fourth-order valence-electron chi connectivity index (χ4n) is 1.25. The van der Waals surface area contributed by atoms with Crippen LogP contribution in [0.1, 0.15) is 0 Å². The molecule has 0 aliphatic rings. The van der Waals surface area contributed by atoms with E-state index in [0.29, 0.717) is 0 Å². The number of ether oxygens (including phenoxy) is 1. The van der Waals surface area contributed by atoms with E-state index in [-0.39, 0.29) is 0 Å². The van der Waals surface area contributed by atoms with E-state index in [2.05, 4.69) is 79.6 Å². The first kappa shape index (κ1) is 15.0. The predicted octanol–water partition coefficient (Wildman–Crippen LogP) is 7.29. The van der Waals surface area contributed by atoms with E-state index < -0.39 is 0 Å². The van der Waals surface area contributed by atoms with Crippen molar-refractivity contribution in [2.75, 3.05) is 0 Å². The quantitative estimate of drug-likeness (QED) is 0.341. The van der Waals surface area contributed by atoms with Gasteiger partial charge in [-0.1, -0.05) is 0 Å². The van der Waals surface area contributed by atoms with Crippen molar-refractivity contribution < 1.29 is 4.74 Å². The molecule has 2 aromatic rings. The molecule has 0 radical (unpaired) electrons. The van der Waals surface area contributed by atoms with Crippen LogP contribution in [-0.4, -0.2) is 0 Å². The second-order valence-electron chi connectivity index (χ2n) is 3.37. The number of halogens is 5.